The summed E-state index contributed by atoms with van der Waals surface area (Å²) in [5.74, 6) is 0.793. The van der Waals surface area contributed by atoms with Gasteiger partial charge in [0.05, 0.1) is 12.7 Å². The molecule has 2 aromatic rings. The minimum Gasteiger partial charge on any atom is -0.497 e. The minimum absolute atomic E-state index is 0.518. The van der Waals surface area contributed by atoms with Crippen molar-refractivity contribution in [1.29, 1.82) is 0 Å². The van der Waals surface area contributed by atoms with Crippen molar-refractivity contribution in [3.63, 3.8) is 0 Å². The average molecular weight is 295 g/mol. The molecule has 0 spiro atoms. The number of hydrogen-bond donors (Lipinski definition) is 1. The van der Waals surface area contributed by atoms with Gasteiger partial charge in [-0.05, 0) is 35.4 Å². The van der Waals surface area contributed by atoms with E-state index in [-0.39, 0.29) is 0 Å². The van der Waals surface area contributed by atoms with E-state index >= 15 is 0 Å². The van der Waals surface area contributed by atoms with Gasteiger partial charge in [-0.25, -0.2) is 0 Å². The highest BCUT2D eigenvalue weighted by Gasteiger charge is 2.29. The topological polar surface area (TPSA) is 21.3 Å². The van der Waals surface area contributed by atoms with Gasteiger partial charge in [0.2, 0.25) is 0 Å². The Morgan fingerprint density at radius 3 is 1.76 bits per heavy atom. The quantitative estimate of drug-likeness (QED) is 0.900. The Morgan fingerprint density at radius 2 is 1.33 bits per heavy atom. The summed E-state index contributed by atoms with van der Waals surface area (Å²) in [6, 6.07) is 12.8. The van der Waals surface area contributed by atoms with Gasteiger partial charge in [0.25, 0.3) is 0 Å². The number of benzene rings is 2. The second kappa shape index (κ2) is 6.63. The van der Waals surface area contributed by atoms with Crippen LogP contribution >= 0.6 is 0 Å². The molecule has 0 radical (unpaired) electrons. The van der Waals surface area contributed by atoms with Crippen LogP contribution in [0.15, 0.2) is 48.5 Å². The van der Waals surface area contributed by atoms with Gasteiger partial charge in [0.15, 0.2) is 0 Å². The van der Waals surface area contributed by atoms with Crippen LogP contribution in [0, 0.1) is 0 Å². The number of alkyl halides is 3. The molecule has 2 nitrogen and oxygen atoms in total. The van der Waals surface area contributed by atoms with Crippen LogP contribution < -0.4 is 10.1 Å². The van der Waals surface area contributed by atoms with Crippen LogP contribution in [0.5, 0.6) is 5.75 Å². The molecule has 112 valence electrons. The number of ether oxygens (including phenoxy) is 1. The fourth-order valence-corrected chi connectivity index (χ4v) is 1.91. The van der Waals surface area contributed by atoms with Crippen molar-refractivity contribution in [2.24, 2.45) is 0 Å². The molecule has 5 heteroatoms. The largest absolute Gasteiger partial charge is 0.497 e. The molecule has 0 atom stereocenters. The molecular weight excluding hydrogens is 279 g/mol. The third kappa shape index (κ3) is 4.49. The third-order valence-electron chi connectivity index (χ3n) is 3.10. The molecule has 0 aliphatic rings. The van der Waals surface area contributed by atoms with Crippen LogP contribution in [0.3, 0.4) is 0 Å². The summed E-state index contributed by atoms with van der Waals surface area (Å²) in [7, 11) is 1.61. The lowest BCUT2D eigenvalue weighted by atomic mass is 10.1. The summed E-state index contributed by atoms with van der Waals surface area (Å²) in [5.41, 5.74) is 1.28. The lowest BCUT2D eigenvalue weighted by Gasteiger charge is -2.09. The average Bonchev–Trinajstić information content (AvgIpc) is 2.47. The fraction of sp³-hybridized carbons (Fsp3) is 0.250. The predicted octanol–water partition coefficient (Wildman–Crippen LogP) is 4.00. The summed E-state index contributed by atoms with van der Waals surface area (Å²) >= 11 is 0. The van der Waals surface area contributed by atoms with E-state index in [1.54, 1.807) is 7.11 Å². The zero-order valence-electron chi connectivity index (χ0n) is 11.6. The van der Waals surface area contributed by atoms with Gasteiger partial charge in [-0.3, -0.25) is 0 Å². The zero-order valence-corrected chi connectivity index (χ0v) is 11.6. The molecule has 0 aromatic heterocycles. The molecule has 21 heavy (non-hydrogen) atoms. The first kappa shape index (κ1) is 15.4. The van der Waals surface area contributed by atoms with Crippen molar-refractivity contribution in [2.75, 3.05) is 7.11 Å². The summed E-state index contributed by atoms with van der Waals surface area (Å²) in [6.45, 7) is 1.16. The van der Waals surface area contributed by atoms with E-state index in [1.807, 2.05) is 24.3 Å². The standard InChI is InChI=1S/C16H16F3NO/c1-21-15-8-4-13(5-9-15)11-20-10-12-2-6-14(7-3-12)16(17,18)19/h2-9,20H,10-11H2,1H3. The SMILES string of the molecule is COc1ccc(CNCc2ccc(C(F)(F)F)cc2)cc1. The van der Waals surface area contributed by atoms with Crippen LogP contribution in [0.1, 0.15) is 16.7 Å². The van der Waals surface area contributed by atoms with E-state index < -0.39 is 11.7 Å². The van der Waals surface area contributed by atoms with E-state index in [4.69, 9.17) is 4.74 Å². The number of halogens is 3. The number of hydrogen-bond acceptors (Lipinski definition) is 2. The van der Waals surface area contributed by atoms with Crippen molar-refractivity contribution in [3.05, 3.63) is 65.2 Å². The Kier molecular flexibility index (Phi) is 4.85. The number of nitrogens with one attached hydrogen (secondary N) is 1. The van der Waals surface area contributed by atoms with E-state index in [0.29, 0.717) is 13.1 Å². The van der Waals surface area contributed by atoms with E-state index in [0.717, 1.165) is 29.0 Å². The van der Waals surface area contributed by atoms with Crippen LogP contribution in [-0.4, -0.2) is 7.11 Å². The number of methoxy groups -OCH3 is 1. The van der Waals surface area contributed by atoms with Gasteiger partial charge in [0.1, 0.15) is 5.75 Å². The van der Waals surface area contributed by atoms with Gasteiger partial charge in [-0.2, -0.15) is 13.2 Å². The molecule has 0 amide bonds. The lowest BCUT2D eigenvalue weighted by molar-refractivity contribution is -0.137. The summed E-state index contributed by atoms with van der Waals surface area (Å²) < 4.78 is 42.4. The molecule has 2 aromatic carbocycles. The minimum atomic E-state index is -4.28. The summed E-state index contributed by atoms with van der Waals surface area (Å²) in [4.78, 5) is 0. The summed E-state index contributed by atoms with van der Waals surface area (Å²) in [6.07, 6.45) is -4.28. The lowest BCUT2D eigenvalue weighted by Crippen LogP contribution is -2.13. The van der Waals surface area contributed by atoms with Crippen molar-refractivity contribution < 1.29 is 17.9 Å². The normalized spacial score (nSPS) is 11.4. The molecule has 0 heterocycles. The highest BCUT2D eigenvalue weighted by molar-refractivity contribution is 5.27. The number of rotatable bonds is 5. The zero-order chi connectivity index (χ0) is 15.3. The second-order valence-electron chi connectivity index (χ2n) is 4.65. The first-order valence-electron chi connectivity index (χ1n) is 6.49. The van der Waals surface area contributed by atoms with E-state index in [1.165, 1.54) is 12.1 Å². The maximum Gasteiger partial charge on any atom is 0.416 e. The van der Waals surface area contributed by atoms with Gasteiger partial charge in [0, 0.05) is 13.1 Å². The monoisotopic (exact) mass is 295 g/mol. The van der Waals surface area contributed by atoms with E-state index in [2.05, 4.69) is 5.32 Å². The smallest absolute Gasteiger partial charge is 0.416 e. The van der Waals surface area contributed by atoms with Crippen molar-refractivity contribution in [1.82, 2.24) is 5.32 Å². The molecule has 1 N–H and O–H groups in total. The van der Waals surface area contributed by atoms with Gasteiger partial charge >= 0.3 is 6.18 Å². The predicted molar refractivity (Wildman–Crippen MR) is 75.0 cm³/mol. The fourth-order valence-electron chi connectivity index (χ4n) is 1.91. The van der Waals surface area contributed by atoms with Crippen LogP contribution in [-0.2, 0) is 19.3 Å². The highest BCUT2D eigenvalue weighted by Crippen LogP contribution is 2.29. The molecule has 0 unspecified atom stereocenters. The first-order valence-corrected chi connectivity index (χ1v) is 6.49. The Balaban J connectivity index is 1.85. The highest BCUT2D eigenvalue weighted by atomic mass is 19.4. The Labute approximate surface area is 121 Å². The molecule has 0 fully saturated rings. The van der Waals surface area contributed by atoms with Crippen LogP contribution in [0.2, 0.25) is 0 Å². The molecule has 0 aliphatic heterocycles. The second-order valence-corrected chi connectivity index (χ2v) is 4.65. The van der Waals surface area contributed by atoms with Crippen molar-refractivity contribution >= 4 is 0 Å². The molecule has 0 aliphatic carbocycles. The Morgan fingerprint density at radius 1 is 0.857 bits per heavy atom. The molecular formula is C16H16F3NO. The molecule has 0 saturated carbocycles. The first-order chi connectivity index (χ1) is 9.99. The van der Waals surface area contributed by atoms with E-state index in [9.17, 15) is 13.2 Å². The van der Waals surface area contributed by atoms with Crippen molar-refractivity contribution in [2.45, 2.75) is 19.3 Å². The van der Waals surface area contributed by atoms with Crippen LogP contribution in [0.4, 0.5) is 13.2 Å². The van der Waals surface area contributed by atoms with Crippen molar-refractivity contribution in [3.8, 4) is 5.75 Å². The summed E-state index contributed by atoms with van der Waals surface area (Å²) in [5, 5.41) is 3.19. The van der Waals surface area contributed by atoms with Gasteiger partial charge in [-0.1, -0.05) is 24.3 Å². The molecule has 2 rings (SSSR count). The van der Waals surface area contributed by atoms with Crippen LogP contribution in [0.25, 0.3) is 0 Å². The molecule has 0 bridgehead atoms. The maximum atomic E-state index is 12.4. The third-order valence-corrected chi connectivity index (χ3v) is 3.10. The molecule has 0 saturated heterocycles. The Hall–Kier alpha value is -2.01. The Bertz CT molecular complexity index is 562. The maximum absolute atomic E-state index is 12.4. The van der Waals surface area contributed by atoms with Gasteiger partial charge in [-0.15, -0.1) is 0 Å². The van der Waals surface area contributed by atoms with Gasteiger partial charge < -0.3 is 10.1 Å².